The molecule has 3 aromatic rings. The van der Waals surface area contributed by atoms with Crippen LogP contribution in [0.25, 0.3) is 0 Å². The van der Waals surface area contributed by atoms with Gasteiger partial charge in [-0.1, -0.05) is 60.7 Å². The molecule has 0 atom stereocenters. The molecular weight excluding hydrogens is 400 g/mol. The van der Waals surface area contributed by atoms with Crippen LogP contribution in [0.3, 0.4) is 0 Å². The smallest absolute Gasteiger partial charge is 0.274 e. The molecule has 4 rings (SSSR count). The van der Waals surface area contributed by atoms with Crippen molar-refractivity contribution in [2.24, 2.45) is 0 Å². The van der Waals surface area contributed by atoms with Crippen LogP contribution in [0.1, 0.15) is 53.2 Å². The first-order chi connectivity index (χ1) is 15.7. The quantitative estimate of drug-likeness (QED) is 0.533. The summed E-state index contributed by atoms with van der Waals surface area (Å²) in [6.45, 7) is 0.974. The fraction of sp³-hybridized carbons (Fsp3) is 0.308. The van der Waals surface area contributed by atoms with Gasteiger partial charge in [0.15, 0.2) is 0 Å². The van der Waals surface area contributed by atoms with Gasteiger partial charge in [-0.05, 0) is 30.4 Å². The number of hydrogen-bond donors (Lipinski definition) is 1. The molecule has 1 saturated carbocycles. The third-order valence-electron chi connectivity index (χ3n) is 5.77. The van der Waals surface area contributed by atoms with E-state index in [0.29, 0.717) is 18.8 Å². The van der Waals surface area contributed by atoms with E-state index in [1.54, 1.807) is 11.1 Å². The van der Waals surface area contributed by atoms with Gasteiger partial charge in [-0.2, -0.15) is 0 Å². The van der Waals surface area contributed by atoms with E-state index >= 15 is 0 Å². The molecule has 0 unspecified atom stereocenters. The van der Waals surface area contributed by atoms with E-state index in [2.05, 4.69) is 39.6 Å². The van der Waals surface area contributed by atoms with E-state index in [1.165, 1.54) is 23.5 Å². The molecule has 1 aliphatic carbocycles. The molecule has 32 heavy (non-hydrogen) atoms. The SMILES string of the molecule is O=C(CCN(C(=O)c1cnccn1)C1CC1)NCCC(c1ccccc1)c1ccccc1. The minimum atomic E-state index is -0.151. The Morgan fingerprint density at radius 2 is 1.62 bits per heavy atom. The Labute approximate surface area is 188 Å². The number of amides is 2. The number of rotatable bonds is 10. The lowest BCUT2D eigenvalue weighted by Crippen LogP contribution is -2.37. The van der Waals surface area contributed by atoms with Crippen molar-refractivity contribution in [3.63, 3.8) is 0 Å². The summed E-state index contributed by atoms with van der Waals surface area (Å²) in [4.78, 5) is 35.1. The Morgan fingerprint density at radius 3 is 2.19 bits per heavy atom. The number of carbonyl (C=O) groups excluding carboxylic acids is 2. The van der Waals surface area contributed by atoms with Crippen LogP contribution in [-0.2, 0) is 4.79 Å². The predicted octanol–water partition coefficient (Wildman–Crippen LogP) is 3.81. The normalized spacial score (nSPS) is 13.0. The highest BCUT2D eigenvalue weighted by molar-refractivity contribution is 5.92. The van der Waals surface area contributed by atoms with Crippen molar-refractivity contribution in [3.8, 4) is 0 Å². The van der Waals surface area contributed by atoms with E-state index in [-0.39, 0.29) is 30.2 Å². The molecule has 0 radical (unpaired) electrons. The maximum absolute atomic E-state index is 12.7. The molecule has 2 aromatic carbocycles. The molecule has 164 valence electrons. The summed E-state index contributed by atoms with van der Waals surface area (Å²) >= 11 is 0. The highest BCUT2D eigenvalue weighted by Gasteiger charge is 2.33. The largest absolute Gasteiger partial charge is 0.356 e. The lowest BCUT2D eigenvalue weighted by Gasteiger charge is -2.22. The molecule has 0 saturated heterocycles. The summed E-state index contributed by atoms with van der Waals surface area (Å²) in [5.41, 5.74) is 2.80. The highest BCUT2D eigenvalue weighted by atomic mass is 16.2. The Morgan fingerprint density at radius 1 is 0.969 bits per heavy atom. The molecule has 0 aliphatic heterocycles. The van der Waals surface area contributed by atoms with Crippen LogP contribution in [0.5, 0.6) is 0 Å². The van der Waals surface area contributed by atoms with Crippen molar-refractivity contribution >= 4 is 11.8 Å². The zero-order valence-corrected chi connectivity index (χ0v) is 18.1. The number of nitrogens with one attached hydrogen (secondary N) is 1. The first kappa shape index (κ1) is 21.7. The fourth-order valence-corrected chi connectivity index (χ4v) is 3.96. The summed E-state index contributed by atoms with van der Waals surface area (Å²) in [5.74, 6) is 0.0305. The molecule has 1 aliphatic rings. The van der Waals surface area contributed by atoms with Gasteiger partial charge in [0.1, 0.15) is 5.69 Å². The first-order valence-corrected chi connectivity index (χ1v) is 11.2. The average Bonchev–Trinajstić information content (AvgIpc) is 3.69. The van der Waals surface area contributed by atoms with Gasteiger partial charge in [-0.3, -0.25) is 14.6 Å². The molecule has 1 N–H and O–H groups in total. The van der Waals surface area contributed by atoms with Gasteiger partial charge in [-0.15, -0.1) is 0 Å². The molecule has 6 nitrogen and oxygen atoms in total. The van der Waals surface area contributed by atoms with Crippen LogP contribution in [0.15, 0.2) is 79.3 Å². The number of nitrogens with zero attached hydrogens (tertiary/aromatic N) is 3. The second-order valence-corrected chi connectivity index (χ2v) is 8.08. The number of hydrogen-bond acceptors (Lipinski definition) is 4. The van der Waals surface area contributed by atoms with E-state index in [4.69, 9.17) is 0 Å². The fourth-order valence-electron chi connectivity index (χ4n) is 3.96. The lowest BCUT2D eigenvalue weighted by molar-refractivity contribution is -0.121. The van der Waals surface area contributed by atoms with Crippen molar-refractivity contribution in [1.29, 1.82) is 0 Å². The van der Waals surface area contributed by atoms with Gasteiger partial charge in [0.25, 0.3) is 5.91 Å². The third kappa shape index (κ3) is 5.78. The number of benzene rings is 2. The third-order valence-corrected chi connectivity index (χ3v) is 5.77. The van der Waals surface area contributed by atoms with E-state index < -0.39 is 0 Å². The van der Waals surface area contributed by atoms with E-state index in [1.807, 2.05) is 36.4 Å². The van der Waals surface area contributed by atoms with Crippen LogP contribution >= 0.6 is 0 Å². The van der Waals surface area contributed by atoms with Gasteiger partial charge >= 0.3 is 0 Å². The van der Waals surface area contributed by atoms with Crippen LogP contribution < -0.4 is 5.32 Å². The van der Waals surface area contributed by atoms with Crippen molar-refractivity contribution in [3.05, 3.63) is 96.1 Å². The van der Waals surface area contributed by atoms with Crippen molar-refractivity contribution in [2.75, 3.05) is 13.1 Å². The second kappa shape index (κ2) is 10.7. The molecule has 1 heterocycles. The monoisotopic (exact) mass is 428 g/mol. The maximum Gasteiger partial charge on any atom is 0.274 e. The van der Waals surface area contributed by atoms with E-state index in [0.717, 1.165) is 19.3 Å². The highest BCUT2D eigenvalue weighted by Crippen LogP contribution is 2.29. The standard InChI is InChI=1S/C26H28N4O2/c31-25(14-18-30(22-11-12-22)26(32)24-19-27-16-17-28-24)29-15-13-23(20-7-3-1-4-8-20)21-9-5-2-6-10-21/h1-10,16-17,19,22-23H,11-15,18H2,(H,29,31). The zero-order valence-electron chi connectivity index (χ0n) is 18.1. The van der Waals surface area contributed by atoms with Crippen LogP contribution in [-0.4, -0.2) is 45.8 Å². The zero-order chi connectivity index (χ0) is 22.2. The summed E-state index contributed by atoms with van der Waals surface area (Å²) in [5, 5.41) is 3.04. The van der Waals surface area contributed by atoms with Gasteiger partial charge in [0.2, 0.25) is 5.91 Å². The van der Waals surface area contributed by atoms with Gasteiger partial charge in [-0.25, -0.2) is 4.98 Å². The summed E-state index contributed by atoms with van der Waals surface area (Å²) in [6.07, 6.45) is 7.58. The van der Waals surface area contributed by atoms with Crippen LogP contribution in [0.4, 0.5) is 0 Å². The predicted molar refractivity (Wildman–Crippen MR) is 123 cm³/mol. The van der Waals surface area contributed by atoms with Gasteiger partial charge < -0.3 is 10.2 Å². The second-order valence-electron chi connectivity index (χ2n) is 8.08. The minimum absolute atomic E-state index is 0.0394. The molecule has 1 fully saturated rings. The average molecular weight is 429 g/mol. The Kier molecular flexibility index (Phi) is 7.23. The first-order valence-electron chi connectivity index (χ1n) is 11.2. The van der Waals surface area contributed by atoms with Crippen molar-refractivity contribution < 1.29 is 9.59 Å². The molecule has 1 aromatic heterocycles. The Hall–Kier alpha value is -3.54. The maximum atomic E-state index is 12.7. The molecule has 2 amide bonds. The minimum Gasteiger partial charge on any atom is -0.356 e. The Bertz CT molecular complexity index is 968. The van der Waals surface area contributed by atoms with Gasteiger partial charge in [0, 0.05) is 43.9 Å². The topological polar surface area (TPSA) is 75.2 Å². The lowest BCUT2D eigenvalue weighted by atomic mass is 9.88. The Balaban J connectivity index is 1.30. The summed E-state index contributed by atoms with van der Waals surface area (Å²) < 4.78 is 0. The van der Waals surface area contributed by atoms with Crippen LogP contribution in [0.2, 0.25) is 0 Å². The molecular formula is C26H28N4O2. The molecule has 6 heteroatoms. The molecule has 0 spiro atoms. The summed E-state index contributed by atoms with van der Waals surface area (Å²) in [6, 6.07) is 20.9. The summed E-state index contributed by atoms with van der Waals surface area (Å²) in [7, 11) is 0. The molecule has 0 bridgehead atoms. The van der Waals surface area contributed by atoms with Crippen molar-refractivity contribution in [1.82, 2.24) is 20.2 Å². The van der Waals surface area contributed by atoms with Crippen molar-refractivity contribution in [2.45, 2.75) is 37.6 Å². The number of aromatic nitrogens is 2. The van der Waals surface area contributed by atoms with Gasteiger partial charge in [0.05, 0.1) is 6.20 Å². The van der Waals surface area contributed by atoms with E-state index in [9.17, 15) is 9.59 Å². The van der Waals surface area contributed by atoms with Crippen LogP contribution in [0, 0.1) is 0 Å². The number of carbonyl (C=O) groups is 2.